The maximum atomic E-state index is 12.4. The summed E-state index contributed by atoms with van der Waals surface area (Å²) in [6.45, 7) is 7.78. The summed E-state index contributed by atoms with van der Waals surface area (Å²) in [5, 5.41) is 3.22. The lowest BCUT2D eigenvalue weighted by Crippen LogP contribution is -2.50. The van der Waals surface area contributed by atoms with Crippen molar-refractivity contribution >= 4 is 5.91 Å². The number of carbonyl (C=O) groups excluding carboxylic acids is 1. The van der Waals surface area contributed by atoms with Crippen LogP contribution in [-0.2, 0) is 17.8 Å². The lowest BCUT2D eigenvalue weighted by atomic mass is 9.93. The average molecular weight is 370 g/mol. The second-order valence-electron chi connectivity index (χ2n) is 8.79. The van der Waals surface area contributed by atoms with E-state index in [1.165, 1.54) is 62.9 Å². The number of nitrogens with one attached hydrogen (secondary N) is 1. The van der Waals surface area contributed by atoms with Gasteiger partial charge in [-0.2, -0.15) is 0 Å². The molecule has 0 radical (unpaired) electrons. The molecule has 148 valence electrons. The summed E-state index contributed by atoms with van der Waals surface area (Å²) in [5.74, 6) is 0.532. The third kappa shape index (κ3) is 5.11. The molecule has 2 heterocycles. The molecule has 1 aromatic rings. The Bertz CT molecular complexity index is 617. The molecule has 27 heavy (non-hydrogen) atoms. The van der Waals surface area contributed by atoms with Gasteiger partial charge in [0.05, 0.1) is 5.92 Å². The first-order valence-corrected chi connectivity index (χ1v) is 11.1. The van der Waals surface area contributed by atoms with E-state index in [0.29, 0.717) is 18.0 Å². The zero-order chi connectivity index (χ0) is 18.6. The highest BCUT2D eigenvalue weighted by Gasteiger charge is 2.33. The van der Waals surface area contributed by atoms with Crippen LogP contribution in [0.3, 0.4) is 0 Å². The number of aryl methyl sites for hydroxylation is 1. The molecule has 4 nitrogen and oxygen atoms in total. The Morgan fingerprint density at radius 3 is 2.37 bits per heavy atom. The van der Waals surface area contributed by atoms with Crippen LogP contribution in [0.15, 0.2) is 24.3 Å². The van der Waals surface area contributed by atoms with E-state index < -0.39 is 0 Å². The fourth-order valence-corrected chi connectivity index (χ4v) is 4.68. The summed E-state index contributed by atoms with van der Waals surface area (Å²) in [4.78, 5) is 17.6. The summed E-state index contributed by atoms with van der Waals surface area (Å²) in [5.41, 5.74) is 2.85. The first kappa shape index (κ1) is 18.9. The summed E-state index contributed by atoms with van der Waals surface area (Å²) in [6.07, 6.45) is 8.20. The lowest BCUT2D eigenvalue weighted by molar-refractivity contribution is -0.127. The Balaban J connectivity index is 1.23. The van der Waals surface area contributed by atoms with Crippen LogP contribution in [0.5, 0.6) is 0 Å². The summed E-state index contributed by atoms with van der Waals surface area (Å²) in [7, 11) is 0. The highest BCUT2D eigenvalue weighted by Crippen LogP contribution is 2.26. The molecule has 1 amide bonds. The van der Waals surface area contributed by atoms with Gasteiger partial charge in [-0.25, -0.2) is 0 Å². The smallest absolute Gasteiger partial charge is 0.224 e. The van der Waals surface area contributed by atoms with Gasteiger partial charge in [-0.05, 0) is 75.7 Å². The second-order valence-corrected chi connectivity index (χ2v) is 8.79. The van der Waals surface area contributed by atoms with Gasteiger partial charge in [0.1, 0.15) is 0 Å². The number of rotatable bonds is 6. The zero-order valence-corrected chi connectivity index (χ0v) is 16.8. The van der Waals surface area contributed by atoms with Crippen LogP contribution in [0.25, 0.3) is 0 Å². The molecule has 1 saturated carbocycles. The highest BCUT2D eigenvalue weighted by atomic mass is 16.2. The van der Waals surface area contributed by atoms with Crippen LogP contribution in [0.1, 0.15) is 56.6 Å². The molecule has 3 fully saturated rings. The van der Waals surface area contributed by atoms with Gasteiger partial charge in [0, 0.05) is 25.2 Å². The molecule has 4 heteroatoms. The van der Waals surface area contributed by atoms with E-state index in [4.69, 9.17) is 0 Å². The van der Waals surface area contributed by atoms with Gasteiger partial charge in [-0.15, -0.1) is 0 Å². The number of piperidine rings is 2. The molecule has 2 saturated heterocycles. The predicted octanol–water partition coefficient (Wildman–Crippen LogP) is 3.20. The number of hydrogen-bond donors (Lipinski definition) is 1. The highest BCUT2D eigenvalue weighted by molar-refractivity contribution is 5.79. The van der Waals surface area contributed by atoms with Crippen LogP contribution in [0.4, 0.5) is 0 Å². The van der Waals surface area contributed by atoms with Crippen LogP contribution >= 0.6 is 0 Å². The largest absolute Gasteiger partial charge is 0.353 e. The molecular formula is C23H35N3O. The van der Waals surface area contributed by atoms with E-state index in [9.17, 15) is 4.79 Å². The van der Waals surface area contributed by atoms with E-state index in [1.807, 2.05) is 0 Å². The van der Waals surface area contributed by atoms with E-state index in [1.54, 1.807) is 0 Å². The van der Waals surface area contributed by atoms with E-state index >= 15 is 0 Å². The van der Waals surface area contributed by atoms with Gasteiger partial charge in [-0.1, -0.05) is 31.2 Å². The molecule has 0 aromatic heterocycles. The Morgan fingerprint density at radius 2 is 1.70 bits per heavy atom. The molecule has 1 N–H and O–H groups in total. The minimum absolute atomic E-state index is 0.217. The summed E-state index contributed by atoms with van der Waals surface area (Å²) >= 11 is 0. The van der Waals surface area contributed by atoms with Crippen LogP contribution in [0, 0.1) is 5.92 Å². The van der Waals surface area contributed by atoms with Crippen molar-refractivity contribution in [3.63, 3.8) is 0 Å². The minimum atomic E-state index is 0.217. The van der Waals surface area contributed by atoms with E-state index in [2.05, 4.69) is 46.3 Å². The van der Waals surface area contributed by atoms with Crippen molar-refractivity contribution in [3.05, 3.63) is 35.4 Å². The molecule has 4 rings (SSSR count). The van der Waals surface area contributed by atoms with Gasteiger partial charge in [0.2, 0.25) is 5.91 Å². The number of likely N-dealkylation sites (tertiary alicyclic amines) is 2. The van der Waals surface area contributed by atoms with Crippen molar-refractivity contribution in [2.45, 2.75) is 70.5 Å². The van der Waals surface area contributed by atoms with E-state index in [0.717, 1.165) is 25.9 Å². The van der Waals surface area contributed by atoms with Crippen LogP contribution in [0.2, 0.25) is 0 Å². The molecule has 0 spiro atoms. The van der Waals surface area contributed by atoms with Crippen molar-refractivity contribution in [2.24, 2.45) is 5.92 Å². The van der Waals surface area contributed by atoms with Gasteiger partial charge < -0.3 is 5.32 Å². The fraction of sp³-hybridized carbons (Fsp3) is 0.696. The van der Waals surface area contributed by atoms with Gasteiger partial charge in [-0.3, -0.25) is 14.6 Å². The van der Waals surface area contributed by atoms with Gasteiger partial charge in [0.15, 0.2) is 0 Å². The first-order valence-electron chi connectivity index (χ1n) is 11.1. The Morgan fingerprint density at radius 1 is 1.00 bits per heavy atom. The quantitative estimate of drug-likeness (QED) is 0.836. The molecule has 1 atom stereocenters. The van der Waals surface area contributed by atoms with E-state index in [-0.39, 0.29) is 5.92 Å². The standard InChI is InChI=1S/C23H35N3O/c1-2-18-5-7-19(8-6-18)16-25-14-11-22(12-15-25)26-13-3-4-20(17-26)23(27)24-21-9-10-21/h5-8,20-22H,2-4,9-17H2,1H3,(H,24,27). The maximum absolute atomic E-state index is 12.4. The number of hydrogen-bond acceptors (Lipinski definition) is 3. The number of benzene rings is 1. The molecule has 0 bridgehead atoms. The topological polar surface area (TPSA) is 35.6 Å². The predicted molar refractivity (Wildman–Crippen MR) is 110 cm³/mol. The SMILES string of the molecule is CCc1ccc(CN2CCC(N3CCCC(C(=O)NC4CC4)C3)CC2)cc1. The van der Waals surface area contributed by atoms with Gasteiger partial charge in [0.25, 0.3) is 0 Å². The minimum Gasteiger partial charge on any atom is -0.353 e. The summed E-state index contributed by atoms with van der Waals surface area (Å²) < 4.78 is 0. The van der Waals surface area contributed by atoms with Crippen LogP contribution in [-0.4, -0.2) is 54.0 Å². The molecular weight excluding hydrogens is 334 g/mol. The first-order chi connectivity index (χ1) is 13.2. The third-order valence-corrected chi connectivity index (χ3v) is 6.66. The van der Waals surface area contributed by atoms with Crippen molar-refractivity contribution in [3.8, 4) is 0 Å². The molecule has 1 unspecified atom stereocenters. The van der Waals surface area contributed by atoms with Gasteiger partial charge >= 0.3 is 0 Å². The monoisotopic (exact) mass is 369 g/mol. The Kier molecular flexibility index (Phi) is 6.14. The Labute approximate surface area is 164 Å². The zero-order valence-electron chi connectivity index (χ0n) is 16.8. The maximum Gasteiger partial charge on any atom is 0.224 e. The molecule has 1 aliphatic carbocycles. The third-order valence-electron chi connectivity index (χ3n) is 6.66. The number of amides is 1. The van der Waals surface area contributed by atoms with Crippen LogP contribution < -0.4 is 5.32 Å². The summed E-state index contributed by atoms with van der Waals surface area (Å²) in [6, 6.07) is 10.3. The van der Waals surface area contributed by atoms with Crippen molar-refractivity contribution in [1.29, 1.82) is 0 Å². The average Bonchev–Trinajstić information content (AvgIpc) is 3.53. The lowest BCUT2D eigenvalue weighted by Gasteiger charge is -2.42. The molecule has 2 aliphatic heterocycles. The molecule has 3 aliphatic rings. The number of carbonyl (C=O) groups is 1. The second kappa shape index (κ2) is 8.74. The normalized spacial score (nSPS) is 25.4. The Hall–Kier alpha value is -1.39. The fourth-order valence-electron chi connectivity index (χ4n) is 4.68. The van der Waals surface area contributed by atoms with Crippen molar-refractivity contribution in [2.75, 3.05) is 26.2 Å². The number of nitrogens with zero attached hydrogens (tertiary/aromatic N) is 2. The van der Waals surface area contributed by atoms with Crippen molar-refractivity contribution in [1.82, 2.24) is 15.1 Å². The van der Waals surface area contributed by atoms with Crippen molar-refractivity contribution < 1.29 is 4.79 Å². The molecule has 1 aromatic carbocycles.